The van der Waals surface area contributed by atoms with Crippen molar-refractivity contribution in [1.82, 2.24) is 4.90 Å². The molecule has 3 atom stereocenters. The van der Waals surface area contributed by atoms with E-state index in [0.717, 1.165) is 19.5 Å². The first-order chi connectivity index (χ1) is 10.8. The number of nitrogens with zero attached hydrogens (tertiary/aromatic N) is 4. The van der Waals surface area contributed by atoms with Gasteiger partial charge < -0.3 is 9.84 Å². The van der Waals surface area contributed by atoms with Crippen molar-refractivity contribution in [3.05, 3.63) is 46.3 Å². The minimum absolute atomic E-state index is 0.00413. The fourth-order valence-electron chi connectivity index (χ4n) is 3.03. The normalized spacial score (nSPS) is 28.4. The minimum atomic E-state index is -0.979. The lowest BCUT2D eigenvalue weighted by atomic mass is 10.0. The van der Waals surface area contributed by atoms with Crippen LogP contribution in [0.4, 0.5) is 0 Å². The van der Waals surface area contributed by atoms with E-state index >= 15 is 0 Å². The Kier molecular flexibility index (Phi) is 4.95. The molecule has 1 aliphatic carbocycles. The number of aliphatic hydroxyl groups is 1. The average molecular weight is 302 g/mol. The van der Waals surface area contributed by atoms with Crippen molar-refractivity contribution < 1.29 is 9.84 Å². The Morgan fingerprint density at radius 1 is 1.23 bits per heavy atom. The fraction of sp³-hybridized carbons (Fsp3) is 0.625. The number of rotatable bonds is 6. The summed E-state index contributed by atoms with van der Waals surface area (Å²) in [6.45, 7) is 1.74. The number of hydrogen-bond acceptors (Lipinski definition) is 4. The van der Waals surface area contributed by atoms with Gasteiger partial charge in [0.25, 0.3) is 0 Å². The molecule has 1 aromatic rings. The van der Waals surface area contributed by atoms with E-state index in [1.54, 1.807) is 0 Å². The summed E-state index contributed by atoms with van der Waals surface area (Å²) in [5, 5.41) is 13.5. The van der Waals surface area contributed by atoms with Gasteiger partial charge >= 0.3 is 0 Å². The maximum atomic E-state index is 9.92. The molecule has 0 amide bonds. The van der Waals surface area contributed by atoms with Crippen molar-refractivity contribution in [2.45, 2.75) is 56.7 Å². The van der Waals surface area contributed by atoms with Gasteiger partial charge in [-0.2, -0.15) is 0 Å². The summed E-state index contributed by atoms with van der Waals surface area (Å²) in [5.41, 5.74) is 9.78. The van der Waals surface area contributed by atoms with Crippen LogP contribution in [-0.2, 0) is 11.3 Å². The Labute approximate surface area is 130 Å². The molecule has 1 N–H and O–H groups in total. The highest BCUT2D eigenvalue weighted by molar-refractivity contribution is 5.15. The van der Waals surface area contributed by atoms with Crippen LogP contribution < -0.4 is 0 Å². The predicted molar refractivity (Wildman–Crippen MR) is 82.9 cm³/mol. The standard InChI is InChI=1S/C16H22N4O2/c17-19-18-15-9-8-14(22-16(15)21)11-20(13-6-7-13)10-12-4-2-1-3-5-12/h1-5,13-16,21H,6-11H2/t14-,15?,16?/m0/s1. The molecular weight excluding hydrogens is 280 g/mol. The molecule has 1 saturated heterocycles. The van der Waals surface area contributed by atoms with E-state index in [9.17, 15) is 5.11 Å². The first-order valence-corrected chi connectivity index (χ1v) is 7.92. The van der Waals surface area contributed by atoms with Crippen molar-refractivity contribution in [1.29, 1.82) is 0 Å². The molecule has 1 aromatic carbocycles. The molecule has 3 rings (SSSR count). The van der Waals surface area contributed by atoms with Crippen LogP contribution in [0, 0.1) is 0 Å². The Morgan fingerprint density at radius 3 is 2.64 bits per heavy atom. The van der Waals surface area contributed by atoms with Gasteiger partial charge in [0.1, 0.15) is 0 Å². The van der Waals surface area contributed by atoms with Crippen LogP contribution in [0.2, 0.25) is 0 Å². The number of ether oxygens (including phenoxy) is 1. The second-order valence-corrected chi connectivity index (χ2v) is 6.14. The quantitative estimate of drug-likeness (QED) is 0.498. The number of hydrogen-bond donors (Lipinski definition) is 1. The zero-order valence-electron chi connectivity index (χ0n) is 12.6. The third kappa shape index (κ3) is 3.99. The molecule has 6 heteroatoms. The van der Waals surface area contributed by atoms with Crippen LogP contribution in [0.3, 0.4) is 0 Å². The largest absolute Gasteiger partial charge is 0.368 e. The second-order valence-electron chi connectivity index (χ2n) is 6.14. The molecule has 1 aliphatic heterocycles. The van der Waals surface area contributed by atoms with Crippen LogP contribution in [-0.4, -0.2) is 41.0 Å². The van der Waals surface area contributed by atoms with Gasteiger partial charge in [0.15, 0.2) is 6.29 Å². The minimum Gasteiger partial charge on any atom is -0.368 e. The molecule has 2 aliphatic rings. The molecule has 6 nitrogen and oxygen atoms in total. The van der Waals surface area contributed by atoms with Crippen molar-refractivity contribution in [2.75, 3.05) is 6.54 Å². The second kappa shape index (κ2) is 7.11. The van der Waals surface area contributed by atoms with Gasteiger partial charge in [0, 0.05) is 24.0 Å². The highest BCUT2D eigenvalue weighted by atomic mass is 16.6. The summed E-state index contributed by atoms with van der Waals surface area (Å²) in [5.74, 6) is 0. The van der Waals surface area contributed by atoms with E-state index in [0.29, 0.717) is 12.5 Å². The van der Waals surface area contributed by atoms with Crippen molar-refractivity contribution in [3.8, 4) is 0 Å². The number of aliphatic hydroxyl groups excluding tert-OH is 1. The summed E-state index contributed by atoms with van der Waals surface area (Å²) >= 11 is 0. The first kappa shape index (κ1) is 15.3. The molecule has 2 fully saturated rings. The SMILES string of the molecule is [N-]=[N+]=NC1CC[C@@H](CN(Cc2ccccc2)C2CC2)OC1O. The smallest absolute Gasteiger partial charge is 0.163 e. The van der Waals surface area contributed by atoms with Gasteiger partial charge in [0.2, 0.25) is 0 Å². The third-order valence-electron chi connectivity index (χ3n) is 4.38. The monoisotopic (exact) mass is 302 g/mol. The average Bonchev–Trinajstić information content (AvgIpc) is 3.35. The van der Waals surface area contributed by atoms with Gasteiger partial charge in [-0.25, -0.2) is 0 Å². The van der Waals surface area contributed by atoms with Crippen molar-refractivity contribution in [2.24, 2.45) is 5.11 Å². The fourth-order valence-corrected chi connectivity index (χ4v) is 3.03. The molecule has 0 aromatic heterocycles. The Morgan fingerprint density at radius 2 is 2.00 bits per heavy atom. The van der Waals surface area contributed by atoms with E-state index < -0.39 is 12.3 Å². The van der Waals surface area contributed by atoms with Crippen LogP contribution in [0.1, 0.15) is 31.2 Å². The Hall–Kier alpha value is -1.59. The van der Waals surface area contributed by atoms with E-state index in [1.165, 1.54) is 18.4 Å². The molecule has 2 unspecified atom stereocenters. The summed E-state index contributed by atoms with van der Waals surface area (Å²) < 4.78 is 5.65. The maximum absolute atomic E-state index is 9.92. The molecule has 1 saturated carbocycles. The number of azide groups is 1. The topological polar surface area (TPSA) is 81.5 Å². The lowest BCUT2D eigenvalue weighted by Gasteiger charge is -2.34. The highest BCUT2D eigenvalue weighted by Crippen LogP contribution is 2.30. The predicted octanol–water partition coefficient (Wildman–Crippen LogP) is 2.83. The van der Waals surface area contributed by atoms with Crippen LogP contribution in [0.15, 0.2) is 35.4 Å². The lowest BCUT2D eigenvalue weighted by Crippen LogP contribution is -2.43. The third-order valence-corrected chi connectivity index (χ3v) is 4.38. The molecule has 0 spiro atoms. The van der Waals surface area contributed by atoms with Gasteiger partial charge in [0.05, 0.1) is 12.1 Å². The zero-order valence-corrected chi connectivity index (χ0v) is 12.6. The lowest BCUT2D eigenvalue weighted by molar-refractivity contribution is -0.177. The van der Waals surface area contributed by atoms with E-state index in [1.807, 2.05) is 6.07 Å². The van der Waals surface area contributed by atoms with Gasteiger partial charge in [-0.15, -0.1) is 0 Å². The molecule has 118 valence electrons. The molecule has 0 bridgehead atoms. The van der Waals surface area contributed by atoms with Gasteiger partial charge in [-0.3, -0.25) is 4.90 Å². The van der Waals surface area contributed by atoms with Gasteiger partial charge in [-0.05, 0) is 36.8 Å². The van der Waals surface area contributed by atoms with Crippen LogP contribution in [0.5, 0.6) is 0 Å². The van der Waals surface area contributed by atoms with Crippen molar-refractivity contribution >= 4 is 0 Å². The van der Waals surface area contributed by atoms with E-state index in [2.05, 4.69) is 39.2 Å². The van der Waals surface area contributed by atoms with E-state index in [4.69, 9.17) is 10.3 Å². The summed E-state index contributed by atoms with van der Waals surface area (Å²) in [6.07, 6.45) is 3.00. The molecule has 0 radical (unpaired) electrons. The van der Waals surface area contributed by atoms with Crippen LogP contribution >= 0.6 is 0 Å². The maximum Gasteiger partial charge on any atom is 0.163 e. The number of benzene rings is 1. The molecular formula is C16H22N4O2. The summed E-state index contributed by atoms with van der Waals surface area (Å²) in [6, 6.07) is 10.6. The highest BCUT2D eigenvalue weighted by Gasteiger charge is 2.34. The zero-order chi connectivity index (χ0) is 15.4. The van der Waals surface area contributed by atoms with Crippen LogP contribution in [0.25, 0.3) is 10.4 Å². The Bertz CT molecular complexity index is 528. The Balaban J connectivity index is 1.57. The molecule has 22 heavy (non-hydrogen) atoms. The first-order valence-electron chi connectivity index (χ1n) is 7.92. The molecule has 1 heterocycles. The van der Waals surface area contributed by atoms with Crippen molar-refractivity contribution in [3.63, 3.8) is 0 Å². The summed E-state index contributed by atoms with van der Waals surface area (Å²) in [7, 11) is 0. The summed E-state index contributed by atoms with van der Waals surface area (Å²) in [4.78, 5) is 5.21. The van der Waals surface area contributed by atoms with Gasteiger partial charge in [-0.1, -0.05) is 35.4 Å². The van der Waals surface area contributed by atoms with E-state index in [-0.39, 0.29) is 6.10 Å².